The number of hydrogen-bond donors (Lipinski definition) is 5. The lowest BCUT2D eigenvalue weighted by Gasteiger charge is -2.43. The molecular weight excluding hydrogens is 488 g/mol. The minimum absolute atomic E-state index is 0.0439. The normalized spacial score (nSPS) is 23.1. The van der Waals surface area contributed by atoms with Crippen LogP contribution in [0.5, 0.6) is 28.7 Å². The number of phenolic OH excluding ortho intramolecular Hbond substituents is 3. The standard InChI is InChI=1S/C30H34O8/c1-17(2)23(33)11-8-18(3)6-5-7-19(4)12-13-29-22-10-9-20(31)15-25(22)38-30(29,36)28(35)27-24(34)14-21(32)16-26(27)37-29/h6,9-10,12,14-16,23,31-34,36H,1,5,7-8,11,13H2,2-4H3/b18-6+,19-12+/t23?,29-,30+/m0/s1. The van der Waals surface area contributed by atoms with Crippen LogP contribution in [0, 0.1) is 0 Å². The summed E-state index contributed by atoms with van der Waals surface area (Å²) in [7, 11) is 0. The van der Waals surface area contributed by atoms with E-state index in [1.165, 1.54) is 29.8 Å². The highest BCUT2D eigenvalue weighted by atomic mass is 16.7. The van der Waals surface area contributed by atoms with Crippen LogP contribution in [0.4, 0.5) is 0 Å². The first kappa shape index (κ1) is 27.3. The second-order valence-corrected chi connectivity index (χ2v) is 10.3. The highest BCUT2D eigenvalue weighted by molar-refractivity contribution is 6.08. The molecule has 38 heavy (non-hydrogen) atoms. The molecule has 202 valence electrons. The number of hydrogen-bond acceptors (Lipinski definition) is 8. The molecule has 0 amide bonds. The van der Waals surface area contributed by atoms with Crippen molar-refractivity contribution >= 4 is 5.78 Å². The molecule has 5 N–H and O–H groups in total. The van der Waals surface area contributed by atoms with Crippen LogP contribution in [0.2, 0.25) is 0 Å². The molecule has 0 spiro atoms. The van der Waals surface area contributed by atoms with Crippen molar-refractivity contribution in [2.24, 2.45) is 0 Å². The number of aliphatic hydroxyl groups excluding tert-OH is 1. The van der Waals surface area contributed by atoms with Gasteiger partial charge in [-0.3, -0.25) is 4.79 Å². The Kier molecular flexibility index (Phi) is 7.32. The lowest BCUT2D eigenvalue weighted by molar-refractivity contribution is -0.201. The van der Waals surface area contributed by atoms with Gasteiger partial charge in [0.15, 0.2) is 0 Å². The van der Waals surface area contributed by atoms with Gasteiger partial charge in [0.2, 0.25) is 11.4 Å². The zero-order valence-corrected chi connectivity index (χ0v) is 21.8. The third-order valence-corrected chi connectivity index (χ3v) is 7.24. The molecule has 0 aliphatic carbocycles. The predicted molar refractivity (Wildman–Crippen MR) is 142 cm³/mol. The Bertz CT molecular complexity index is 1340. The van der Waals surface area contributed by atoms with E-state index in [4.69, 9.17) is 9.47 Å². The minimum Gasteiger partial charge on any atom is -0.508 e. The number of ether oxygens (including phenoxy) is 2. The summed E-state index contributed by atoms with van der Waals surface area (Å²) in [5.41, 5.74) is 1.25. The molecule has 0 saturated carbocycles. The fraction of sp³-hybridized carbons (Fsp3) is 0.367. The second-order valence-electron chi connectivity index (χ2n) is 10.3. The second kappa shape index (κ2) is 10.2. The quantitative estimate of drug-likeness (QED) is 0.286. The number of allylic oxidation sites excluding steroid dienone is 3. The van der Waals surface area contributed by atoms with Gasteiger partial charge < -0.3 is 35.0 Å². The molecule has 0 radical (unpaired) electrons. The number of phenols is 3. The maximum absolute atomic E-state index is 13.5. The molecule has 1 unspecified atom stereocenters. The Morgan fingerprint density at radius 3 is 2.37 bits per heavy atom. The predicted octanol–water partition coefficient (Wildman–Crippen LogP) is 5.14. The summed E-state index contributed by atoms with van der Waals surface area (Å²) in [5, 5.41) is 51.9. The molecule has 2 aliphatic rings. The number of aromatic hydroxyl groups is 3. The number of ketones is 1. The van der Waals surface area contributed by atoms with Gasteiger partial charge in [-0.05, 0) is 58.6 Å². The molecule has 0 fully saturated rings. The Morgan fingerprint density at radius 1 is 0.974 bits per heavy atom. The third kappa shape index (κ3) is 4.77. The van der Waals surface area contributed by atoms with Crippen molar-refractivity contribution in [3.05, 3.63) is 76.9 Å². The van der Waals surface area contributed by atoms with Gasteiger partial charge in [0, 0.05) is 30.2 Å². The summed E-state index contributed by atoms with van der Waals surface area (Å²) in [6.07, 6.45) is 6.39. The molecule has 8 heteroatoms. The molecule has 3 atom stereocenters. The van der Waals surface area contributed by atoms with E-state index in [1.54, 1.807) is 0 Å². The smallest absolute Gasteiger partial charge is 0.318 e. The minimum atomic E-state index is -2.51. The Hall–Kier alpha value is -3.75. The molecule has 8 nitrogen and oxygen atoms in total. The first-order valence-corrected chi connectivity index (χ1v) is 12.6. The average Bonchev–Trinajstić information content (AvgIpc) is 3.08. The molecule has 0 aromatic heterocycles. The fourth-order valence-corrected chi connectivity index (χ4v) is 4.93. The molecule has 2 aliphatic heterocycles. The van der Waals surface area contributed by atoms with Crippen LogP contribution in [-0.4, -0.2) is 43.2 Å². The first-order valence-electron chi connectivity index (χ1n) is 12.6. The van der Waals surface area contributed by atoms with Crippen LogP contribution in [-0.2, 0) is 5.60 Å². The third-order valence-electron chi connectivity index (χ3n) is 7.24. The van der Waals surface area contributed by atoms with Crippen LogP contribution in [0.25, 0.3) is 0 Å². The zero-order valence-electron chi connectivity index (χ0n) is 21.8. The summed E-state index contributed by atoms with van der Waals surface area (Å²) in [5.74, 6) is -4.38. The van der Waals surface area contributed by atoms with Gasteiger partial charge in [-0.1, -0.05) is 35.5 Å². The SMILES string of the molecule is C=C(C)C(O)CC/C(C)=C/CC/C(C)=C/C[C@@]12Oc3cc(O)cc(O)c3C(=O)[C@@]1(O)Oc1cc(O)ccc12. The van der Waals surface area contributed by atoms with Crippen LogP contribution in [0.3, 0.4) is 0 Å². The number of carbonyl (C=O) groups excluding carboxylic acids is 1. The van der Waals surface area contributed by atoms with Gasteiger partial charge in [0.1, 0.15) is 34.3 Å². The van der Waals surface area contributed by atoms with Crippen molar-refractivity contribution < 1.29 is 39.8 Å². The van der Waals surface area contributed by atoms with Crippen LogP contribution in [0.1, 0.15) is 68.8 Å². The zero-order chi connectivity index (χ0) is 27.8. The number of carbonyl (C=O) groups is 1. The molecule has 2 aromatic rings. The van der Waals surface area contributed by atoms with Crippen molar-refractivity contribution in [1.82, 2.24) is 0 Å². The summed E-state index contributed by atoms with van der Waals surface area (Å²) >= 11 is 0. The topological polar surface area (TPSA) is 137 Å². The maximum Gasteiger partial charge on any atom is 0.318 e. The number of Topliss-reactive ketones (excluding diaryl/α,β-unsaturated/α-hetero) is 1. The van der Waals surface area contributed by atoms with E-state index in [2.05, 4.69) is 12.7 Å². The van der Waals surface area contributed by atoms with Crippen LogP contribution < -0.4 is 9.47 Å². The lowest BCUT2D eigenvalue weighted by Crippen LogP contribution is -2.62. The summed E-state index contributed by atoms with van der Waals surface area (Å²) in [6, 6.07) is 6.43. The number of fused-ring (bicyclic) bond motifs is 4. The summed E-state index contributed by atoms with van der Waals surface area (Å²) in [6.45, 7) is 9.55. The van der Waals surface area contributed by atoms with Gasteiger partial charge in [0.05, 0.1) is 6.10 Å². The van der Waals surface area contributed by atoms with E-state index in [9.17, 15) is 30.3 Å². The van der Waals surface area contributed by atoms with E-state index in [0.717, 1.165) is 30.1 Å². The van der Waals surface area contributed by atoms with Crippen LogP contribution in [0.15, 0.2) is 65.8 Å². The number of rotatable bonds is 9. The van der Waals surface area contributed by atoms with E-state index in [0.29, 0.717) is 18.4 Å². The summed E-state index contributed by atoms with van der Waals surface area (Å²) < 4.78 is 12.0. The van der Waals surface area contributed by atoms with Gasteiger partial charge in [-0.2, -0.15) is 0 Å². The van der Waals surface area contributed by atoms with Crippen molar-refractivity contribution in [3.63, 3.8) is 0 Å². The average molecular weight is 523 g/mol. The Labute approximate surface area is 221 Å². The number of benzene rings is 2. The fourth-order valence-electron chi connectivity index (χ4n) is 4.93. The molecule has 4 rings (SSSR count). The van der Waals surface area contributed by atoms with Crippen molar-refractivity contribution in [3.8, 4) is 28.7 Å². The molecule has 2 aromatic carbocycles. The summed E-state index contributed by atoms with van der Waals surface area (Å²) in [4.78, 5) is 13.5. The van der Waals surface area contributed by atoms with Gasteiger partial charge in [0.25, 0.3) is 0 Å². The first-order chi connectivity index (χ1) is 17.9. The van der Waals surface area contributed by atoms with E-state index in [-0.39, 0.29) is 35.0 Å². The molecular formula is C30H34O8. The molecule has 0 bridgehead atoms. The van der Waals surface area contributed by atoms with Gasteiger partial charge in [-0.15, -0.1) is 0 Å². The van der Waals surface area contributed by atoms with Gasteiger partial charge >= 0.3 is 5.79 Å². The van der Waals surface area contributed by atoms with Crippen molar-refractivity contribution in [2.45, 2.75) is 70.4 Å². The molecule has 0 saturated heterocycles. The Morgan fingerprint density at radius 2 is 1.66 bits per heavy atom. The Balaban J connectivity index is 1.60. The molecule has 2 heterocycles. The lowest BCUT2D eigenvalue weighted by atomic mass is 9.77. The largest absolute Gasteiger partial charge is 0.508 e. The van der Waals surface area contributed by atoms with E-state index in [1.807, 2.05) is 26.8 Å². The van der Waals surface area contributed by atoms with E-state index >= 15 is 0 Å². The van der Waals surface area contributed by atoms with Crippen molar-refractivity contribution in [2.75, 3.05) is 0 Å². The highest BCUT2D eigenvalue weighted by Crippen LogP contribution is 2.58. The van der Waals surface area contributed by atoms with Gasteiger partial charge in [-0.25, -0.2) is 0 Å². The van der Waals surface area contributed by atoms with Crippen LogP contribution >= 0.6 is 0 Å². The monoisotopic (exact) mass is 522 g/mol. The van der Waals surface area contributed by atoms with E-state index < -0.39 is 29.0 Å². The van der Waals surface area contributed by atoms with Crippen molar-refractivity contribution in [1.29, 1.82) is 0 Å². The number of aliphatic hydroxyl groups is 2. The maximum atomic E-state index is 13.5. The highest BCUT2D eigenvalue weighted by Gasteiger charge is 2.69.